The molecule has 21 heavy (non-hydrogen) atoms. The highest BCUT2D eigenvalue weighted by molar-refractivity contribution is 6.74. The maximum atomic E-state index is 13.0. The lowest BCUT2D eigenvalue weighted by atomic mass is 9.79. The van der Waals surface area contributed by atoms with Crippen LogP contribution in [0.15, 0.2) is 42.5 Å². The van der Waals surface area contributed by atoms with Crippen molar-refractivity contribution < 1.29 is 26.8 Å². The summed E-state index contributed by atoms with van der Waals surface area (Å²) in [6, 6.07) is 8.87. The van der Waals surface area contributed by atoms with Gasteiger partial charge in [-0.15, -0.1) is 0 Å². The summed E-state index contributed by atoms with van der Waals surface area (Å²) in [6.07, 6.45) is 0. The fraction of sp³-hybridized carbons (Fsp3) is 0.143. The van der Waals surface area contributed by atoms with Gasteiger partial charge in [-0.3, -0.25) is 0 Å². The molecule has 0 aromatic heterocycles. The van der Waals surface area contributed by atoms with Gasteiger partial charge in [0.05, 0.1) is 12.9 Å². The molecule has 2 aromatic carbocycles. The Morgan fingerprint density at radius 2 is 1.67 bits per heavy atom. The second-order valence-electron chi connectivity index (χ2n) is 4.39. The zero-order valence-electron chi connectivity index (χ0n) is 11.2. The van der Waals surface area contributed by atoms with Gasteiger partial charge in [0.2, 0.25) is 0 Å². The minimum atomic E-state index is -5.22. The molecule has 112 valence electrons. The van der Waals surface area contributed by atoms with E-state index in [1.54, 1.807) is 0 Å². The quantitative estimate of drug-likeness (QED) is 0.622. The number of rotatable bonds is 5. The summed E-state index contributed by atoms with van der Waals surface area (Å²) >= 11 is 0. The summed E-state index contributed by atoms with van der Waals surface area (Å²) in [7, 11) is 1.29. The van der Waals surface area contributed by atoms with Gasteiger partial charge in [0.1, 0.15) is 18.2 Å². The van der Waals surface area contributed by atoms with E-state index in [0.29, 0.717) is 5.56 Å². The molecule has 0 atom stereocenters. The normalized spacial score (nSPS) is 11.3. The lowest BCUT2D eigenvalue weighted by Crippen LogP contribution is -2.35. The van der Waals surface area contributed by atoms with Gasteiger partial charge >= 0.3 is 6.98 Å². The molecule has 0 saturated heterocycles. The van der Waals surface area contributed by atoms with E-state index in [0.717, 1.165) is 6.07 Å². The number of hydrogen-bond acceptors (Lipinski definition) is 2. The Kier molecular flexibility index (Phi) is 4.40. The predicted octanol–water partition coefficient (Wildman–Crippen LogP) is 3.47. The average Bonchev–Trinajstić information content (AvgIpc) is 2.45. The van der Waals surface area contributed by atoms with Crippen LogP contribution in [0.2, 0.25) is 0 Å². The van der Waals surface area contributed by atoms with Gasteiger partial charge in [0.25, 0.3) is 0 Å². The molecule has 7 heteroatoms. The number of benzene rings is 2. The van der Waals surface area contributed by atoms with E-state index >= 15 is 0 Å². The summed E-state index contributed by atoms with van der Waals surface area (Å²) in [4.78, 5) is 0. The van der Waals surface area contributed by atoms with Gasteiger partial charge in [-0.25, -0.2) is 4.39 Å². The van der Waals surface area contributed by atoms with Crippen LogP contribution in [0.3, 0.4) is 0 Å². The van der Waals surface area contributed by atoms with Crippen LogP contribution in [-0.2, 0) is 6.61 Å². The van der Waals surface area contributed by atoms with Crippen molar-refractivity contribution in [2.24, 2.45) is 0 Å². The van der Waals surface area contributed by atoms with Crippen LogP contribution in [0.4, 0.5) is 17.3 Å². The Morgan fingerprint density at radius 3 is 2.24 bits per heavy atom. The zero-order chi connectivity index (χ0) is 15.5. The highest BCUT2D eigenvalue weighted by atomic mass is 19.4. The minimum absolute atomic E-state index is 0.0776. The Bertz CT molecular complexity index is 611. The summed E-state index contributed by atoms with van der Waals surface area (Å²) in [5, 5.41) is 0. The van der Waals surface area contributed by atoms with E-state index in [2.05, 4.69) is 0 Å². The first-order chi connectivity index (χ1) is 9.90. The standard InChI is InChI=1S/C14H12BF4O2/c1-20-12-6-7-14(13(8-12)15(17,18)19)21-9-10-2-4-11(16)5-3-10/h2-8H,9H2,1H3/q-1. The largest absolute Gasteiger partial charge is 0.513 e. The molecule has 0 spiro atoms. The molecular weight excluding hydrogens is 287 g/mol. The van der Waals surface area contributed by atoms with Crippen LogP contribution in [0.25, 0.3) is 0 Å². The van der Waals surface area contributed by atoms with Crippen molar-refractivity contribution in [1.82, 2.24) is 0 Å². The Labute approximate surface area is 119 Å². The molecule has 2 rings (SSSR count). The Balaban J connectivity index is 2.21. The topological polar surface area (TPSA) is 18.5 Å². The van der Waals surface area contributed by atoms with Crippen molar-refractivity contribution in [2.75, 3.05) is 7.11 Å². The molecule has 0 aliphatic rings. The van der Waals surface area contributed by atoms with E-state index in [4.69, 9.17) is 9.47 Å². The van der Waals surface area contributed by atoms with Crippen LogP contribution in [-0.4, -0.2) is 14.1 Å². The SMILES string of the molecule is COc1ccc(OCc2ccc(F)cc2)c([B-](F)(F)F)c1. The first-order valence-corrected chi connectivity index (χ1v) is 6.15. The maximum absolute atomic E-state index is 13.0. The highest BCUT2D eigenvalue weighted by Crippen LogP contribution is 2.23. The third-order valence-corrected chi connectivity index (χ3v) is 2.88. The fourth-order valence-electron chi connectivity index (χ4n) is 1.78. The van der Waals surface area contributed by atoms with Crippen molar-refractivity contribution in [1.29, 1.82) is 0 Å². The van der Waals surface area contributed by atoms with Gasteiger partial charge in [0.15, 0.2) is 0 Å². The van der Waals surface area contributed by atoms with Crippen LogP contribution in [0.1, 0.15) is 5.56 Å². The number of methoxy groups -OCH3 is 1. The molecule has 0 aliphatic carbocycles. The van der Waals surface area contributed by atoms with Crippen molar-refractivity contribution in [3.63, 3.8) is 0 Å². The second-order valence-corrected chi connectivity index (χ2v) is 4.39. The fourth-order valence-corrected chi connectivity index (χ4v) is 1.78. The smallest absolute Gasteiger partial charge is 0.497 e. The van der Waals surface area contributed by atoms with E-state index in [1.807, 2.05) is 0 Å². The minimum Gasteiger partial charge on any atom is -0.497 e. The van der Waals surface area contributed by atoms with Gasteiger partial charge < -0.3 is 22.4 Å². The van der Waals surface area contributed by atoms with Gasteiger partial charge in [-0.2, -0.15) is 0 Å². The molecule has 0 N–H and O–H groups in total. The third kappa shape index (κ3) is 3.90. The predicted molar refractivity (Wildman–Crippen MR) is 72.4 cm³/mol. The molecule has 0 heterocycles. The van der Waals surface area contributed by atoms with Crippen molar-refractivity contribution in [2.45, 2.75) is 6.61 Å². The summed E-state index contributed by atoms with van der Waals surface area (Å²) in [6.45, 7) is -5.30. The first-order valence-electron chi connectivity index (χ1n) is 6.15. The summed E-state index contributed by atoms with van der Waals surface area (Å²) in [5.41, 5.74) is -0.274. The van der Waals surface area contributed by atoms with Crippen LogP contribution in [0.5, 0.6) is 11.5 Å². The lowest BCUT2D eigenvalue weighted by Gasteiger charge is -2.20. The van der Waals surface area contributed by atoms with Gasteiger partial charge in [-0.1, -0.05) is 17.6 Å². The molecular formula is C14H12BF4O2-. The molecule has 0 aliphatic heterocycles. The maximum Gasteiger partial charge on any atom is 0.513 e. The van der Waals surface area contributed by atoms with E-state index < -0.39 is 18.3 Å². The molecule has 0 saturated carbocycles. The van der Waals surface area contributed by atoms with Crippen molar-refractivity contribution in [3.8, 4) is 11.5 Å². The van der Waals surface area contributed by atoms with E-state index in [9.17, 15) is 17.3 Å². The highest BCUT2D eigenvalue weighted by Gasteiger charge is 2.29. The van der Waals surface area contributed by atoms with E-state index in [-0.39, 0.29) is 18.1 Å². The van der Waals surface area contributed by atoms with Gasteiger partial charge in [-0.05, 0) is 35.9 Å². The molecule has 0 fully saturated rings. The Morgan fingerprint density at radius 1 is 1.00 bits per heavy atom. The summed E-state index contributed by atoms with van der Waals surface area (Å²) in [5.74, 6) is -0.575. The number of ether oxygens (including phenoxy) is 2. The first kappa shape index (κ1) is 15.2. The van der Waals surface area contributed by atoms with Crippen LogP contribution < -0.4 is 14.9 Å². The lowest BCUT2D eigenvalue weighted by molar-refractivity contribution is 0.306. The molecule has 0 amide bonds. The number of hydrogen-bond donors (Lipinski definition) is 0. The average molecular weight is 299 g/mol. The van der Waals surface area contributed by atoms with E-state index in [1.165, 1.54) is 43.5 Å². The monoisotopic (exact) mass is 299 g/mol. The summed E-state index contributed by atoms with van der Waals surface area (Å²) < 4.78 is 61.8. The molecule has 0 radical (unpaired) electrons. The Hall–Kier alpha value is -2.18. The third-order valence-electron chi connectivity index (χ3n) is 2.88. The van der Waals surface area contributed by atoms with Crippen molar-refractivity contribution in [3.05, 3.63) is 53.8 Å². The van der Waals surface area contributed by atoms with Crippen LogP contribution >= 0.6 is 0 Å². The van der Waals surface area contributed by atoms with Gasteiger partial charge in [0, 0.05) is 0 Å². The number of halogens is 4. The molecule has 0 bridgehead atoms. The van der Waals surface area contributed by atoms with Crippen LogP contribution in [0, 0.1) is 5.82 Å². The van der Waals surface area contributed by atoms with Crippen molar-refractivity contribution >= 4 is 12.4 Å². The molecule has 2 nitrogen and oxygen atoms in total. The zero-order valence-corrected chi connectivity index (χ0v) is 11.2. The molecule has 2 aromatic rings. The molecule has 0 unspecified atom stereocenters. The second kappa shape index (κ2) is 6.07.